The predicted molar refractivity (Wildman–Crippen MR) is 88.1 cm³/mol. The highest BCUT2D eigenvalue weighted by Crippen LogP contribution is 2.40. The van der Waals surface area contributed by atoms with Crippen LogP contribution in [0.15, 0.2) is 27.1 Å². The van der Waals surface area contributed by atoms with E-state index >= 15 is 0 Å². The van der Waals surface area contributed by atoms with Gasteiger partial charge in [-0.25, -0.2) is 0 Å². The predicted octanol–water partition coefficient (Wildman–Crippen LogP) is 6.53. The van der Waals surface area contributed by atoms with Gasteiger partial charge < -0.3 is 0 Å². The largest absolute Gasteiger partial charge is 0.143 e. The van der Waals surface area contributed by atoms with Gasteiger partial charge in [0.1, 0.15) is 0 Å². The third-order valence-electron chi connectivity index (χ3n) is 2.99. The van der Waals surface area contributed by atoms with Gasteiger partial charge in [-0.2, -0.15) is 0 Å². The van der Waals surface area contributed by atoms with Crippen molar-refractivity contribution >= 4 is 54.8 Å². The lowest BCUT2D eigenvalue weighted by Crippen LogP contribution is -1.93. The Morgan fingerprint density at radius 3 is 2.22 bits per heavy atom. The van der Waals surface area contributed by atoms with Gasteiger partial charge in [0, 0.05) is 18.7 Å². The minimum absolute atomic E-state index is 0.103. The quantitative estimate of drug-likeness (QED) is 0.496. The molecule has 0 aliphatic heterocycles. The highest BCUT2D eigenvalue weighted by Gasteiger charge is 2.18. The maximum Gasteiger partial charge on any atom is 0.0939 e. The van der Waals surface area contributed by atoms with Crippen LogP contribution in [0, 0.1) is 20.8 Å². The van der Waals surface area contributed by atoms with E-state index in [9.17, 15) is 0 Å². The molecule has 18 heavy (non-hydrogen) atoms. The lowest BCUT2D eigenvalue weighted by Gasteiger charge is -2.12. The number of alkyl halides is 1. The molecule has 0 saturated carbocycles. The van der Waals surface area contributed by atoms with Crippen molar-refractivity contribution in [3.8, 4) is 0 Å². The average molecular weight is 409 g/mol. The first-order chi connectivity index (χ1) is 8.40. The zero-order valence-corrected chi connectivity index (χ0v) is 15.1. The molecule has 0 aliphatic rings. The Morgan fingerprint density at radius 2 is 1.67 bits per heavy atom. The van der Waals surface area contributed by atoms with Crippen LogP contribution in [-0.4, -0.2) is 0 Å². The molecular weight excluding hydrogens is 395 g/mol. The molecule has 0 spiro atoms. The fourth-order valence-corrected chi connectivity index (χ4v) is 4.33. The molecule has 0 N–H and O–H groups in total. The Kier molecular flexibility index (Phi) is 4.58. The number of benzene rings is 1. The maximum atomic E-state index is 6.61. The first-order valence-electron chi connectivity index (χ1n) is 5.56. The standard InChI is InChI=1S/C14H13Br2ClS/c1-7-5-13(18-9(7)3)14(17)10-6-11(15)8(2)4-12(10)16/h4-6,14H,1-3H3. The maximum absolute atomic E-state index is 6.61. The number of thiophene rings is 1. The van der Waals surface area contributed by atoms with Gasteiger partial charge >= 0.3 is 0 Å². The Balaban J connectivity index is 2.45. The molecule has 2 aromatic rings. The normalized spacial score (nSPS) is 12.8. The average Bonchev–Trinajstić information content (AvgIpc) is 2.63. The van der Waals surface area contributed by atoms with E-state index in [1.165, 1.54) is 20.9 Å². The number of aryl methyl sites for hydroxylation is 3. The summed E-state index contributed by atoms with van der Waals surface area (Å²) in [6.07, 6.45) is 0. The van der Waals surface area contributed by atoms with E-state index in [2.05, 4.69) is 70.8 Å². The van der Waals surface area contributed by atoms with Crippen LogP contribution in [0.3, 0.4) is 0 Å². The van der Waals surface area contributed by atoms with Crippen molar-refractivity contribution in [3.05, 3.63) is 53.6 Å². The van der Waals surface area contributed by atoms with Crippen LogP contribution in [0.5, 0.6) is 0 Å². The molecule has 0 bridgehead atoms. The summed E-state index contributed by atoms with van der Waals surface area (Å²) in [5, 5.41) is -0.103. The van der Waals surface area contributed by atoms with Crippen LogP contribution in [0.2, 0.25) is 0 Å². The van der Waals surface area contributed by atoms with Crippen molar-refractivity contribution in [2.75, 3.05) is 0 Å². The molecular formula is C14H13Br2ClS. The third-order valence-corrected chi connectivity index (χ3v) is 6.34. The molecule has 4 heteroatoms. The fraction of sp³-hybridized carbons (Fsp3) is 0.286. The van der Waals surface area contributed by atoms with E-state index in [4.69, 9.17) is 11.6 Å². The molecule has 0 fully saturated rings. The van der Waals surface area contributed by atoms with Crippen molar-refractivity contribution in [3.63, 3.8) is 0 Å². The van der Waals surface area contributed by atoms with E-state index in [1.807, 2.05) is 0 Å². The summed E-state index contributed by atoms with van der Waals surface area (Å²) in [4.78, 5) is 2.53. The lowest BCUT2D eigenvalue weighted by atomic mass is 10.1. The highest BCUT2D eigenvalue weighted by atomic mass is 79.9. The summed E-state index contributed by atoms with van der Waals surface area (Å²) in [6, 6.07) is 6.38. The molecule has 0 nitrogen and oxygen atoms in total. The van der Waals surface area contributed by atoms with E-state index in [1.54, 1.807) is 11.3 Å². The lowest BCUT2D eigenvalue weighted by molar-refractivity contribution is 1.15. The molecule has 2 rings (SSSR count). The summed E-state index contributed by atoms with van der Waals surface area (Å²) in [5.41, 5.74) is 3.62. The Hall–Kier alpha value is 0.170. The second-order valence-corrected chi connectivity index (χ2v) is 7.81. The monoisotopic (exact) mass is 406 g/mol. The molecule has 1 atom stereocenters. The van der Waals surface area contributed by atoms with Crippen LogP contribution in [0.4, 0.5) is 0 Å². The summed E-state index contributed by atoms with van der Waals surface area (Å²) in [6.45, 7) is 6.33. The SMILES string of the molecule is Cc1cc(Br)c(C(Cl)c2cc(C)c(C)s2)cc1Br. The van der Waals surface area contributed by atoms with E-state index in [0.29, 0.717) is 0 Å². The second kappa shape index (κ2) is 5.66. The number of rotatable bonds is 2. The summed E-state index contributed by atoms with van der Waals surface area (Å²) >= 11 is 15.5. The van der Waals surface area contributed by atoms with Gasteiger partial charge in [0.05, 0.1) is 5.38 Å². The Morgan fingerprint density at radius 1 is 1.00 bits per heavy atom. The molecule has 1 unspecified atom stereocenters. The third kappa shape index (κ3) is 2.84. The van der Waals surface area contributed by atoms with Crippen LogP contribution in [-0.2, 0) is 0 Å². The van der Waals surface area contributed by atoms with Crippen molar-refractivity contribution < 1.29 is 0 Å². The second-order valence-electron chi connectivity index (χ2n) is 4.37. The van der Waals surface area contributed by atoms with Gasteiger partial charge in [-0.1, -0.05) is 31.9 Å². The molecule has 1 aromatic carbocycles. The van der Waals surface area contributed by atoms with Crippen molar-refractivity contribution in [2.45, 2.75) is 26.1 Å². The van der Waals surface area contributed by atoms with Gasteiger partial charge in [-0.05, 0) is 55.7 Å². The number of hydrogen-bond donors (Lipinski definition) is 0. The van der Waals surface area contributed by atoms with Gasteiger partial charge in [0.15, 0.2) is 0 Å². The smallest absolute Gasteiger partial charge is 0.0939 e. The van der Waals surface area contributed by atoms with Crippen LogP contribution < -0.4 is 0 Å². The molecule has 0 saturated heterocycles. The van der Waals surface area contributed by atoms with Crippen molar-refractivity contribution in [2.24, 2.45) is 0 Å². The Labute approximate surface area is 134 Å². The van der Waals surface area contributed by atoms with Crippen LogP contribution in [0.25, 0.3) is 0 Å². The van der Waals surface area contributed by atoms with Crippen LogP contribution >= 0.6 is 54.8 Å². The zero-order valence-electron chi connectivity index (χ0n) is 10.4. The van der Waals surface area contributed by atoms with Crippen molar-refractivity contribution in [1.82, 2.24) is 0 Å². The van der Waals surface area contributed by atoms with Gasteiger partial charge in [-0.3, -0.25) is 0 Å². The molecule has 1 heterocycles. The zero-order chi connectivity index (χ0) is 13.4. The van der Waals surface area contributed by atoms with E-state index < -0.39 is 0 Å². The van der Waals surface area contributed by atoms with Gasteiger partial charge in [0.25, 0.3) is 0 Å². The Bertz CT molecular complexity index is 570. The van der Waals surface area contributed by atoms with Crippen molar-refractivity contribution in [1.29, 1.82) is 0 Å². The van der Waals surface area contributed by atoms with Gasteiger partial charge in [-0.15, -0.1) is 22.9 Å². The summed E-state index contributed by atoms with van der Waals surface area (Å²) < 4.78 is 2.16. The first kappa shape index (κ1) is 14.6. The van der Waals surface area contributed by atoms with E-state index in [0.717, 1.165) is 14.5 Å². The molecule has 96 valence electrons. The topological polar surface area (TPSA) is 0 Å². The summed E-state index contributed by atoms with van der Waals surface area (Å²) in [5.74, 6) is 0. The molecule has 0 amide bonds. The van der Waals surface area contributed by atoms with Crippen LogP contribution in [0.1, 0.15) is 31.8 Å². The number of hydrogen-bond acceptors (Lipinski definition) is 1. The van der Waals surface area contributed by atoms with Gasteiger partial charge in [0.2, 0.25) is 0 Å². The fourth-order valence-electron chi connectivity index (χ4n) is 1.74. The molecule has 0 radical (unpaired) electrons. The number of halogens is 3. The highest BCUT2D eigenvalue weighted by molar-refractivity contribution is 9.11. The molecule has 0 aliphatic carbocycles. The summed E-state index contributed by atoms with van der Waals surface area (Å²) in [7, 11) is 0. The minimum atomic E-state index is -0.103. The first-order valence-corrected chi connectivity index (χ1v) is 8.40. The van der Waals surface area contributed by atoms with E-state index in [-0.39, 0.29) is 5.38 Å². The minimum Gasteiger partial charge on any atom is -0.143 e. The molecule has 1 aromatic heterocycles.